The lowest BCUT2D eigenvalue weighted by atomic mass is 10.1. The van der Waals surface area contributed by atoms with Crippen LogP contribution < -0.4 is 15.5 Å². The van der Waals surface area contributed by atoms with Crippen LogP contribution in [-0.4, -0.2) is 49.8 Å². The maximum Gasteiger partial charge on any atom is 0.191 e. The number of hydrogen-bond acceptors (Lipinski definition) is 4. The van der Waals surface area contributed by atoms with Crippen LogP contribution in [0.5, 0.6) is 0 Å². The maximum atomic E-state index is 13.2. The van der Waals surface area contributed by atoms with Crippen molar-refractivity contribution in [3.05, 3.63) is 59.0 Å². The van der Waals surface area contributed by atoms with Gasteiger partial charge >= 0.3 is 0 Å². The number of halogens is 1. The topological polar surface area (TPSA) is 61.8 Å². The van der Waals surface area contributed by atoms with Gasteiger partial charge in [0.25, 0.3) is 0 Å². The van der Waals surface area contributed by atoms with Crippen LogP contribution in [0, 0.1) is 12.7 Å². The molecular formula is C23H32FN5O. The summed E-state index contributed by atoms with van der Waals surface area (Å²) in [6.45, 7) is 10.6. The van der Waals surface area contributed by atoms with Crippen molar-refractivity contribution in [2.45, 2.75) is 39.8 Å². The lowest BCUT2D eigenvalue weighted by molar-refractivity contribution is 0.0529. The molecule has 7 heteroatoms. The Morgan fingerprint density at radius 2 is 2.17 bits per heavy atom. The summed E-state index contributed by atoms with van der Waals surface area (Å²) >= 11 is 0. The molecule has 1 fully saturated rings. The van der Waals surface area contributed by atoms with Gasteiger partial charge in [-0.25, -0.2) is 14.4 Å². The highest BCUT2D eigenvalue weighted by atomic mass is 19.1. The average molecular weight is 414 g/mol. The Hall–Kier alpha value is -2.67. The monoisotopic (exact) mass is 413 g/mol. The fourth-order valence-corrected chi connectivity index (χ4v) is 3.49. The molecular weight excluding hydrogens is 381 g/mol. The van der Waals surface area contributed by atoms with Crippen molar-refractivity contribution in [1.29, 1.82) is 0 Å². The highest BCUT2D eigenvalue weighted by Crippen LogP contribution is 2.16. The predicted molar refractivity (Wildman–Crippen MR) is 120 cm³/mol. The summed E-state index contributed by atoms with van der Waals surface area (Å²) in [6.07, 6.45) is 2.94. The van der Waals surface area contributed by atoms with E-state index in [2.05, 4.69) is 44.6 Å². The third-order valence-electron chi connectivity index (χ3n) is 5.13. The number of pyridine rings is 1. The minimum absolute atomic E-state index is 0.193. The number of aryl methyl sites for hydroxylation is 1. The Kier molecular flexibility index (Phi) is 8.02. The SMILES string of the molecule is CCNC(=NCc1ccc(N2CCOC(C)C2)nc1)NCCc1ccc(F)cc1C. The number of rotatable bonds is 7. The van der Waals surface area contributed by atoms with E-state index in [1.165, 1.54) is 6.07 Å². The first kappa shape index (κ1) is 22.0. The number of aromatic nitrogens is 1. The van der Waals surface area contributed by atoms with E-state index in [4.69, 9.17) is 4.74 Å². The summed E-state index contributed by atoms with van der Waals surface area (Å²) in [5.41, 5.74) is 3.17. The molecule has 1 aliphatic rings. The van der Waals surface area contributed by atoms with Gasteiger partial charge in [-0.3, -0.25) is 0 Å². The summed E-state index contributed by atoms with van der Waals surface area (Å²) in [5, 5.41) is 6.62. The second kappa shape index (κ2) is 10.9. The fourth-order valence-electron chi connectivity index (χ4n) is 3.49. The second-order valence-electron chi connectivity index (χ2n) is 7.59. The van der Waals surface area contributed by atoms with Crippen molar-refractivity contribution in [2.24, 2.45) is 4.99 Å². The molecule has 1 aliphatic heterocycles. The highest BCUT2D eigenvalue weighted by molar-refractivity contribution is 5.79. The van der Waals surface area contributed by atoms with Gasteiger partial charge in [0.05, 0.1) is 19.3 Å². The lowest BCUT2D eigenvalue weighted by Gasteiger charge is -2.32. The van der Waals surface area contributed by atoms with E-state index < -0.39 is 0 Å². The van der Waals surface area contributed by atoms with E-state index >= 15 is 0 Å². The summed E-state index contributed by atoms with van der Waals surface area (Å²) in [7, 11) is 0. The quantitative estimate of drug-likeness (QED) is 0.540. The van der Waals surface area contributed by atoms with Crippen LogP contribution in [0.4, 0.5) is 10.2 Å². The predicted octanol–water partition coefficient (Wildman–Crippen LogP) is 3.05. The van der Waals surface area contributed by atoms with Gasteiger partial charge in [0.15, 0.2) is 5.96 Å². The third-order valence-corrected chi connectivity index (χ3v) is 5.13. The van der Waals surface area contributed by atoms with Gasteiger partial charge < -0.3 is 20.3 Å². The first-order valence-electron chi connectivity index (χ1n) is 10.6. The molecule has 0 spiro atoms. The number of nitrogens with zero attached hydrogens (tertiary/aromatic N) is 3. The number of hydrogen-bond donors (Lipinski definition) is 2. The number of guanidine groups is 1. The van der Waals surface area contributed by atoms with Gasteiger partial charge in [-0.15, -0.1) is 0 Å². The first-order chi connectivity index (χ1) is 14.5. The Morgan fingerprint density at radius 1 is 1.30 bits per heavy atom. The normalized spacial score (nSPS) is 17.1. The maximum absolute atomic E-state index is 13.2. The Balaban J connectivity index is 1.53. The first-order valence-corrected chi connectivity index (χ1v) is 10.6. The molecule has 1 aromatic heterocycles. The van der Waals surface area contributed by atoms with E-state index in [0.717, 1.165) is 67.7 Å². The molecule has 2 N–H and O–H groups in total. The standard InChI is InChI=1S/C23H32FN5O/c1-4-25-23(26-10-9-20-6-7-21(24)13-17(20)2)28-15-19-5-8-22(27-14-19)29-11-12-30-18(3)16-29/h5-8,13-14,18H,4,9-12,15-16H2,1-3H3,(H2,25,26,28). The molecule has 0 amide bonds. The zero-order valence-corrected chi connectivity index (χ0v) is 18.1. The zero-order valence-electron chi connectivity index (χ0n) is 18.1. The molecule has 162 valence electrons. The van der Waals surface area contributed by atoms with Crippen LogP contribution in [0.2, 0.25) is 0 Å². The number of ether oxygens (including phenoxy) is 1. The average Bonchev–Trinajstić information content (AvgIpc) is 2.74. The van der Waals surface area contributed by atoms with Crippen LogP contribution in [0.3, 0.4) is 0 Å². The van der Waals surface area contributed by atoms with E-state index in [1.807, 2.05) is 26.1 Å². The van der Waals surface area contributed by atoms with Crippen molar-refractivity contribution < 1.29 is 9.13 Å². The molecule has 0 saturated carbocycles. The minimum Gasteiger partial charge on any atom is -0.375 e. The van der Waals surface area contributed by atoms with Gasteiger partial charge in [0.2, 0.25) is 0 Å². The summed E-state index contributed by atoms with van der Waals surface area (Å²) < 4.78 is 18.8. The molecule has 0 bridgehead atoms. The van der Waals surface area contributed by atoms with Crippen molar-refractivity contribution in [3.63, 3.8) is 0 Å². The summed E-state index contributed by atoms with van der Waals surface area (Å²) in [6, 6.07) is 9.07. The summed E-state index contributed by atoms with van der Waals surface area (Å²) in [5.74, 6) is 1.56. The van der Waals surface area contributed by atoms with Gasteiger partial charge in [-0.05, 0) is 62.1 Å². The third kappa shape index (κ3) is 6.42. The van der Waals surface area contributed by atoms with E-state index in [1.54, 1.807) is 6.07 Å². The largest absolute Gasteiger partial charge is 0.375 e. The van der Waals surface area contributed by atoms with E-state index in [0.29, 0.717) is 6.54 Å². The number of morpholine rings is 1. The number of benzene rings is 1. The molecule has 6 nitrogen and oxygen atoms in total. The van der Waals surface area contributed by atoms with Crippen LogP contribution in [0.15, 0.2) is 41.5 Å². The molecule has 0 radical (unpaired) electrons. The Labute approximate surface area is 178 Å². The molecule has 2 aromatic rings. The van der Waals surface area contributed by atoms with Crippen LogP contribution in [-0.2, 0) is 17.7 Å². The van der Waals surface area contributed by atoms with Crippen molar-refractivity contribution in [2.75, 3.05) is 37.7 Å². The molecule has 1 saturated heterocycles. The van der Waals surface area contributed by atoms with Crippen molar-refractivity contribution in [3.8, 4) is 0 Å². The number of nitrogens with one attached hydrogen (secondary N) is 2. The van der Waals surface area contributed by atoms with Gasteiger partial charge in [-0.2, -0.15) is 0 Å². The molecule has 1 atom stereocenters. The van der Waals surface area contributed by atoms with Crippen LogP contribution >= 0.6 is 0 Å². The lowest BCUT2D eigenvalue weighted by Crippen LogP contribution is -2.41. The molecule has 1 aromatic carbocycles. The van der Waals surface area contributed by atoms with E-state index in [-0.39, 0.29) is 11.9 Å². The molecule has 0 aliphatic carbocycles. The van der Waals surface area contributed by atoms with Gasteiger partial charge in [-0.1, -0.05) is 12.1 Å². The molecule has 3 rings (SSSR count). The summed E-state index contributed by atoms with van der Waals surface area (Å²) in [4.78, 5) is 11.5. The molecule has 2 heterocycles. The second-order valence-corrected chi connectivity index (χ2v) is 7.59. The molecule has 30 heavy (non-hydrogen) atoms. The van der Waals surface area contributed by atoms with Crippen LogP contribution in [0.1, 0.15) is 30.5 Å². The van der Waals surface area contributed by atoms with Crippen molar-refractivity contribution in [1.82, 2.24) is 15.6 Å². The minimum atomic E-state index is -0.193. The van der Waals surface area contributed by atoms with Gasteiger partial charge in [0, 0.05) is 32.4 Å². The highest BCUT2D eigenvalue weighted by Gasteiger charge is 2.17. The number of anilines is 1. The van der Waals surface area contributed by atoms with Crippen molar-refractivity contribution >= 4 is 11.8 Å². The van der Waals surface area contributed by atoms with Gasteiger partial charge in [0.1, 0.15) is 11.6 Å². The van der Waals surface area contributed by atoms with E-state index in [9.17, 15) is 4.39 Å². The van der Waals surface area contributed by atoms with Crippen LogP contribution in [0.25, 0.3) is 0 Å². The Morgan fingerprint density at radius 3 is 2.87 bits per heavy atom. The Bertz CT molecular complexity index is 840. The smallest absolute Gasteiger partial charge is 0.191 e. The molecule has 1 unspecified atom stereocenters. The fraction of sp³-hybridized carbons (Fsp3) is 0.478. The number of aliphatic imine (C=N–C) groups is 1. The zero-order chi connectivity index (χ0) is 21.3.